The summed E-state index contributed by atoms with van der Waals surface area (Å²) in [5.74, 6) is -2.70. The molecule has 1 atom stereocenters. The fraction of sp³-hybridized carbons (Fsp3) is 0.267. The predicted octanol–water partition coefficient (Wildman–Crippen LogP) is 3.81. The lowest BCUT2D eigenvalue weighted by Gasteiger charge is -2.40. The number of hydrogen-bond donors (Lipinski definition) is 1. The van der Waals surface area contributed by atoms with Crippen LogP contribution in [0.1, 0.15) is 29.0 Å². The van der Waals surface area contributed by atoms with E-state index >= 15 is 0 Å². The van der Waals surface area contributed by atoms with Crippen LogP contribution in [0.5, 0.6) is 0 Å². The highest BCUT2D eigenvalue weighted by Gasteiger charge is 2.65. The average Bonchev–Trinajstić information content (AvgIpc) is 2.50. The van der Waals surface area contributed by atoms with Crippen LogP contribution in [0.3, 0.4) is 0 Å². The molecule has 2 rings (SSSR count). The third-order valence-corrected chi connectivity index (χ3v) is 4.99. The highest BCUT2D eigenvalue weighted by molar-refractivity contribution is 8.45. The number of primary amides is 1. The summed E-state index contributed by atoms with van der Waals surface area (Å²) in [6.45, 7) is 1.26. The first kappa shape index (κ1) is 21.6. The summed E-state index contributed by atoms with van der Waals surface area (Å²) in [6, 6.07) is -0.165. The topological polar surface area (TPSA) is 81.2 Å². The molecule has 0 unspecified atom stereocenters. The largest absolute Gasteiger partial charge is 0.364 e. The van der Waals surface area contributed by atoms with Gasteiger partial charge in [-0.1, -0.05) is 25.5 Å². The number of carbonyl (C=O) groups excluding carboxylic acids is 1. The second kappa shape index (κ2) is 5.90. The van der Waals surface area contributed by atoms with Gasteiger partial charge in [-0.3, -0.25) is 14.2 Å². The lowest BCUT2D eigenvalue weighted by atomic mass is 10.1. The van der Waals surface area contributed by atoms with Gasteiger partial charge in [0.15, 0.2) is 0 Å². The summed E-state index contributed by atoms with van der Waals surface area (Å²) in [4.78, 5) is 26.5. The molecule has 6 nitrogen and oxygen atoms in total. The first-order chi connectivity index (χ1) is 12.4. The van der Waals surface area contributed by atoms with Crippen molar-refractivity contribution in [2.45, 2.75) is 17.9 Å². The van der Waals surface area contributed by atoms with Crippen molar-refractivity contribution in [3.63, 3.8) is 0 Å². The van der Waals surface area contributed by atoms with E-state index < -0.39 is 44.0 Å². The zero-order valence-corrected chi connectivity index (χ0v) is 15.6. The van der Waals surface area contributed by atoms with Crippen molar-refractivity contribution in [3.8, 4) is 0 Å². The third-order valence-electron chi connectivity index (χ3n) is 3.84. The van der Waals surface area contributed by atoms with Gasteiger partial charge in [0.25, 0.3) is 11.5 Å². The highest BCUT2D eigenvalue weighted by atomic mass is 32.5. The Labute approximate surface area is 155 Å². The molecule has 0 saturated heterocycles. The van der Waals surface area contributed by atoms with Gasteiger partial charge in [0.1, 0.15) is 16.4 Å². The number of halogens is 6. The Morgan fingerprint density at radius 2 is 1.75 bits per heavy atom. The summed E-state index contributed by atoms with van der Waals surface area (Å²) in [5, 5.41) is 0. The minimum absolute atomic E-state index is 0.0576. The molecule has 0 radical (unpaired) electrons. The number of hydrogen-bond acceptors (Lipinski definition) is 4. The van der Waals surface area contributed by atoms with Gasteiger partial charge in [-0.2, -0.15) is 0 Å². The zero-order valence-electron chi connectivity index (χ0n) is 14.8. The molecule has 0 spiro atoms. The Morgan fingerprint density at radius 3 is 2.18 bits per heavy atom. The molecule has 1 aromatic heterocycles. The number of benzene rings is 1. The van der Waals surface area contributed by atoms with Gasteiger partial charge in [-0.15, -0.1) is 0 Å². The normalized spacial score (nSPS) is 15.5. The maximum atomic E-state index is 14.3. The number of nitrogens with zero attached hydrogens (tertiary/aromatic N) is 3. The van der Waals surface area contributed by atoms with Gasteiger partial charge in [0.2, 0.25) is 5.95 Å². The van der Waals surface area contributed by atoms with E-state index in [0.29, 0.717) is 6.07 Å². The van der Waals surface area contributed by atoms with Gasteiger partial charge >= 0.3 is 10.2 Å². The second-order valence-electron chi connectivity index (χ2n) is 6.24. The second-order valence-corrected chi connectivity index (χ2v) is 8.65. The number of nitrogens with two attached hydrogens (primary N) is 1. The van der Waals surface area contributed by atoms with Gasteiger partial charge in [0, 0.05) is 25.7 Å². The number of carbonyl (C=O) groups is 1. The molecule has 2 N–H and O–H groups in total. The van der Waals surface area contributed by atoms with Gasteiger partial charge in [0.05, 0.1) is 6.04 Å². The molecule has 156 valence electrons. The van der Waals surface area contributed by atoms with Gasteiger partial charge in [-0.05, 0) is 19.1 Å². The maximum Gasteiger partial charge on any atom is 0.310 e. The van der Waals surface area contributed by atoms with E-state index in [4.69, 9.17) is 5.73 Å². The smallest absolute Gasteiger partial charge is 0.310 e. The standard InChI is InChI=1S/C15H16F6N4O2S/c1-8(10-5-4-9(6-11(10)16)28(17,18,19,20)21)25-13(26)7-12(14(22)27)23-15(25)24(2)3/h4-8H,1-3H3,(H2,22,27)/t8-/m0/s1. The van der Waals surface area contributed by atoms with Crippen molar-refractivity contribution in [1.82, 2.24) is 9.55 Å². The molecule has 0 aliphatic carbocycles. The molecule has 0 aliphatic rings. The van der Waals surface area contributed by atoms with E-state index in [9.17, 15) is 33.4 Å². The number of aromatic nitrogens is 2. The van der Waals surface area contributed by atoms with Crippen molar-refractivity contribution in [2.75, 3.05) is 19.0 Å². The molecule has 1 heterocycles. The zero-order chi connectivity index (χ0) is 21.7. The molecule has 13 heteroatoms. The summed E-state index contributed by atoms with van der Waals surface area (Å²) >= 11 is 0. The summed E-state index contributed by atoms with van der Waals surface area (Å²) in [5.41, 5.74) is 3.44. The molecule has 0 bridgehead atoms. The summed E-state index contributed by atoms with van der Waals surface area (Å²) in [6.07, 6.45) is 0. The highest BCUT2D eigenvalue weighted by Crippen LogP contribution is 3.02. The van der Waals surface area contributed by atoms with Crippen LogP contribution in [-0.2, 0) is 0 Å². The molecule has 2 aromatic rings. The first-order valence-electron chi connectivity index (χ1n) is 7.56. The molecular formula is C15H16F6N4O2S. The van der Waals surface area contributed by atoms with Gasteiger partial charge < -0.3 is 10.6 Å². The van der Waals surface area contributed by atoms with E-state index in [1.54, 1.807) is 0 Å². The Hall–Kier alpha value is -2.70. The lowest BCUT2D eigenvalue weighted by molar-refractivity contribution is 0.0995. The fourth-order valence-corrected chi connectivity index (χ4v) is 3.16. The van der Waals surface area contributed by atoms with Crippen LogP contribution < -0.4 is 16.2 Å². The van der Waals surface area contributed by atoms with Crippen LogP contribution in [0, 0.1) is 5.82 Å². The van der Waals surface area contributed by atoms with Crippen molar-refractivity contribution in [2.24, 2.45) is 5.73 Å². The number of anilines is 1. The Bertz CT molecular complexity index is 1020. The molecule has 0 fully saturated rings. The minimum atomic E-state index is -10.1. The third kappa shape index (κ3) is 4.24. The van der Waals surface area contributed by atoms with Crippen LogP contribution in [-0.4, -0.2) is 29.6 Å². The molecule has 1 amide bonds. The van der Waals surface area contributed by atoms with E-state index in [1.807, 2.05) is 0 Å². The molecule has 0 aliphatic heterocycles. The van der Waals surface area contributed by atoms with Crippen molar-refractivity contribution in [3.05, 3.63) is 51.7 Å². The number of rotatable bonds is 5. The van der Waals surface area contributed by atoms with E-state index in [0.717, 1.165) is 10.6 Å². The predicted molar refractivity (Wildman–Crippen MR) is 93.0 cm³/mol. The van der Waals surface area contributed by atoms with E-state index in [1.165, 1.54) is 25.9 Å². The maximum absolute atomic E-state index is 14.3. The van der Waals surface area contributed by atoms with Gasteiger partial charge in [-0.25, -0.2) is 9.37 Å². The molecule has 1 aromatic carbocycles. The van der Waals surface area contributed by atoms with Crippen molar-refractivity contribution in [1.29, 1.82) is 0 Å². The first-order valence-corrected chi connectivity index (χ1v) is 9.51. The summed E-state index contributed by atoms with van der Waals surface area (Å²) < 4.78 is 79.5. The minimum Gasteiger partial charge on any atom is -0.364 e. The fourth-order valence-electron chi connectivity index (χ4n) is 2.51. The summed E-state index contributed by atoms with van der Waals surface area (Å²) in [7, 11) is -7.16. The Balaban J connectivity index is 2.67. The number of amides is 1. The Morgan fingerprint density at radius 1 is 1.18 bits per heavy atom. The van der Waals surface area contributed by atoms with Crippen LogP contribution >= 0.6 is 10.2 Å². The van der Waals surface area contributed by atoms with Crippen molar-refractivity contribution < 1.29 is 28.6 Å². The monoisotopic (exact) mass is 430 g/mol. The quantitative estimate of drug-likeness (QED) is 0.732. The van der Waals surface area contributed by atoms with Crippen LogP contribution in [0.4, 0.5) is 29.8 Å². The SMILES string of the molecule is C[C@@H](c1ccc(S(F)(F)(F)(F)F)cc1F)n1c(N(C)C)nc(C(N)=O)cc1=O. The molecular weight excluding hydrogens is 414 g/mol. The van der Waals surface area contributed by atoms with Crippen LogP contribution in [0.2, 0.25) is 0 Å². The average molecular weight is 430 g/mol. The van der Waals surface area contributed by atoms with Crippen molar-refractivity contribution >= 4 is 22.1 Å². The van der Waals surface area contributed by atoms with Crippen LogP contribution in [0.15, 0.2) is 34.0 Å². The lowest BCUT2D eigenvalue weighted by Crippen LogP contribution is -2.33. The Kier molecular flexibility index (Phi) is 4.55. The molecule has 28 heavy (non-hydrogen) atoms. The van der Waals surface area contributed by atoms with Crippen LogP contribution in [0.25, 0.3) is 0 Å². The van der Waals surface area contributed by atoms with E-state index in [2.05, 4.69) is 4.98 Å². The van der Waals surface area contributed by atoms with E-state index in [-0.39, 0.29) is 23.8 Å². The molecule has 0 saturated carbocycles.